The molecule has 3 aromatic carbocycles. The Kier molecular flexibility index (Phi) is 5.76. The Morgan fingerprint density at radius 2 is 1.88 bits per heavy atom. The zero-order chi connectivity index (χ0) is 23.9. The summed E-state index contributed by atoms with van der Waals surface area (Å²) in [5.74, 6) is 0.0635. The van der Waals surface area contributed by atoms with Gasteiger partial charge in [-0.25, -0.2) is 4.79 Å². The second-order valence-corrected chi connectivity index (χ2v) is 9.69. The number of fused-ring (bicyclic) bond motifs is 1. The van der Waals surface area contributed by atoms with Crippen LogP contribution in [-0.2, 0) is 6.42 Å². The third-order valence-electron chi connectivity index (χ3n) is 7.31. The number of ether oxygens (including phenoxy) is 1. The number of esters is 1. The molecule has 1 N–H and O–H groups in total. The highest BCUT2D eigenvalue weighted by atomic mass is 16.5. The minimum absolute atomic E-state index is 0.138. The van der Waals surface area contributed by atoms with Crippen molar-refractivity contribution in [2.45, 2.75) is 64.3 Å². The van der Waals surface area contributed by atoms with E-state index in [1.807, 2.05) is 48.5 Å². The summed E-state index contributed by atoms with van der Waals surface area (Å²) in [6, 6.07) is 17.3. The smallest absolute Gasteiger partial charge is 0.343 e. The molecule has 0 saturated carbocycles. The summed E-state index contributed by atoms with van der Waals surface area (Å²) >= 11 is 0. The third kappa shape index (κ3) is 4.02. The lowest BCUT2D eigenvalue weighted by Gasteiger charge is -2.31. The Balaban J connectivity index is 1.56. The van der Waals surface area contributed by atoms with Crippen molar-refractivity contribution in [2.24, 2.45) is 4.99 Å². The molecule has 0 bridgehead atoms. The molecule has 1 aliphatic carbocycles. The number of benzene rings is 3. The lowest BCUT2D eigenvalue weighted by molar-refractivity contribution is 0.0732. The van der Waals surface area contributed by atoms with Crippen molar-refractivity contribution < 1.29 is 14.6 Å². The molecular weight excluding hydrogens is 422 g/mol. The Bertz CT molecular complexity index is 1340. The normalized spacial score (nSPS) is 21.3. The molecule has 1 aliphatic heterocycles. The van der Waals surface area contributed by atoms with Crippen LogP contribution in [0.3, 0.4) is 0 Å². The van der Waals surface area contributed by atoms with Gasteiger partial charge >= 0.3 is 5.97 Å². The van der Waals surface area contributed by atoms with Crippen LogP contribution in [0.25, 0.3) is 10.8 Å². The molecule has 0 radical (unpaired) electrons. The first-order valence-electron chi connectivity index (χ1n) is 12.2. The number of hydrogen-bond acceptors (Lipinski definition) is 4. The highest BCUT2D eigenvalue weighted by Crippen LogP contribution is 2.54. The van der Waals surface area contributed by atoms with Crippen molar-refractivity contribution in [1.82, 2.24) is 0 Å². The molecule has 5 rings (SSSR count). The van der Waals surface area contributed by atoms with E-state index in [0.717, 1.165) is 54.2 Å². The molecule has 0 saturated heterocycles. The van der Waals surface area contributed by atoms with Crippen molar-refractivity contribution in [1.29, 1.82) is 0 Å². The molecule has 2 aliphatic rings. The first-order chi connectivity index (χ1) is 16.4. The number of aromatic hydroxyl groups is 1. The zero-order valence-corrected chi connectivity index (χ0v) is 20.1. The van der Waals surface area contributed by atoms with Crippen molar-refractivity contribution >= 4 is 22.5 Å². The van der Waals surface area contributed by atoms with Gasteiger partial charge in [0.1, 0.15) is 17.0 Å². The van der Waals surface area contributed by atoms with E-state index in [0.29, 0.717) is 16.9 Å². The average Bonchev–Trinajstić information content (AvgIpc) is 3.48. The number of phenolic OH excluding ortho intramolecular Hbond substituents is 1. The number of hydrogen-bond donors (Lipinski definition) is 1. The van der Waals surface area contributed by atoms with Gasteiger partial charge in [-0.2, -0.15) is 0 Å². The number of aliphatic imine (C=N–C) groups is 1. The van der Waals surface area contributed by atoms with Gasteiger partial charge in [-0.3, -0.25) is 4.99 Å². The largest absolute Gasteiger partial charge is 0.507 e. The second kappa shape index (κ2) is 8.75. The first-order valence-corrected chi connectivity index (χ1v) is 12.2. The second-order valence-electron chi connectivity index (χ2n) is 9.69. The fourth-order valence-electron chi connectivity index (χ4n) is 5.24. The maximum atomic E-state index is 13.3. The van der Waals surface area contributed by atoms with Crippen LogP contribution in [0.2, 0.25) is 0 Å². The van der Waals surface area contributed by atoms with E-state index < -0.39 is 5.97 Å². The van der Waals surface area contributed by atoms with E-state index in [4.69, 9.17) is 9.73 Å². The van der Waals surface area contributed by atoms with Crippen LogP contribution in [0.5, 0.6) is 11.5 Å². The summed E-state index contributed by atoms with van der Waals surface area (Å²) in [6.07, 6.45) is 6.98. The molecule has 0 unspecified atom stereocenters. The van der Waals surface area contributed by atoms with Crippen LogP contribution in [-0.4, -0.2) is 22.3 Å². The lowest BCUT2D eigenvalue weighted by atomic mass is 9.73. The molecule has 4 heteroatoms. The maximum absolute atomic E-state index is 13.3. The van der Waals surface area contributed by atoms with Crippen LogP contribution >= 0.6 is 0 Å². The van der Waals surface area contributed by atoms with E-state index in [-0.39, 0.29) is 17.2 Å². The zero-order valence-electron chi connectivity index (χ0n) is 20.1. The summed E-state index contributed by atoms with van der Waals surface area (Å²) in [6.45, 7) is 6.31. The molecular formula is C30H31NO3. The SMILES string of the molecule is CCCCc1cc(O)c([C@@H]2C=C(C)CC[C@]23N=C3C)c(OC(=O)c2ccc3ccccc3c2)c1. The Labute approximate surface area is 201 Å². The van der Waals surface area contributed by atoms with Gasteiger partial charge in [0.25, 0.3) is 0 Å². The lowest BCUT2D eigenvalue weighted by Crippen LogP contribution is -2.30. The van der Waals surface area contributed by atoms with Crippen molar-refractivity contribution in [2.75, 3.05) is 0 Å². The van der Waals surface area contributed by atoms with Gasteiger partial charge < -0.3 is 9.84 Å². The number of carbonyl (C=O) groups excluding carboxylic acids is 1. The minimum atomic E-state index is -0.418. The number of rotatable bonds is 6. The quantitative estimate of drug-likeness (QED) is 0.245. The summed E-state index contributed by atoms with van der Waals surface area (Å²) in [5.41, 5.74) is 4.20. The number of aryl methyl sites for hydroxylation is 1. The number of unbranched alkanes of at least 4 members (excludes halogenated alkanes) is 1. The minimum Gasteiger partial charge on any atom is -0.507 e. The van der Waals surface area contributed by atoms with Gasteiger partial charge in [0.05, 0.1) is 5.56 Å². The molecule has 0 fully saturated rings. The topological polar surface area (TPSA) is 58.9 Å². The highest BCUT2D eigenvalue weighted by molar-refractivity contribution is 6.05. The van der Waals surface area contributed by atoms with Crippen LogP contribution in [0.4, 0.5) is 0 Å². The fourth-order valence-corrected chi connectivity index (χ4v) is 5.24. The highest BCUT2D eigenvalue weighted by Gasteiger charge is 2.53. The molecule has 4 nitrogen and oxygen atoms in total. The van der Waals surface area contributed by atoms with Crippen LogP contribution in [0, 0.1) is 0 Å². The van der Waals surface area contributed by atoms with E-state index in [1.54, 1.807) is 6.07 Å². The predicted octanol–water partition coefficient (Wildman–Crippen LogP) is 7.14. The van der Waals surface area contributed by atoms with Crippen molar-refractivity contribution in [3.8, 4) is 11.5 Å². The average molecular weight is 454 g/mol. The monoisotopic (exact) mass is 453 g/mol. The summed E-state index contributed by atoms with van der Waals surface area (Å²) in [5, 5.41) is 13.3. The Hall–Kier alpha value is -3.40. The molecule has 1 heterocycles. The Morgan fingerprint density at radius 1 is 1.12 bits per heavy atom. The number of carbonyl (C=O) groups is 1. The van der Waals surface area contributed by atoms with E-state index >= 15 is 0 Å². The predicted molar refractivity (Wildman–Crippen MR) is 137 cm³/mol. The standard InChI is InChI=1S/C30H31NO3/c1-4-5-8-21-16-26(32)28(25-15-19(2)13-14-30(25)20(3)31-30)27(17-21)34-29(33)24-12-11-22-9-6-7-10-23(22)18-24/h6-7,9-12,15-18,25,32H,4-5,8,13-14H2,1-3H3/t25-,30+/m0/s1. The number of phenols is 1. The number of nitrogens with zero attached hydrogens (tertiary/aromatic N) is 1. The molecule has 0 amide bonds. The fraction of sp³-hybridized carbons (Fsp3) is 0.333. The first kappa shape index (κ1) is 22.4. The van der Waals surface area contributed by atoms with Gasteiger partial charge in [-0.15, -0.1) is 0 Å². The summed E-state index contributed by atoms with van der Waals surface area (Å²) in [7, 11) is 0. The summed E-state index contributed by atoms with van der Waals surface area (Å²) in [4.78, 5) is 18.1. The van der Waals surface area contributed by atoms with Gasteiger partial charge in [0.2, 0.25) is 0 Å². The molecule has 174 valence electrons. The molecule has 2 atom stereocenters. The van der Waals surface area contributed by atoms with Crippen LogP contribution in [0.15, 0.2) is 71.2 Å². The van der Waals surface area contributed by atoms with Gasteiger partial charge in [0, 0.05) is 17.2 Å². The Morgan fingerprint density at radius 3 is 2.62 bits per heavy atom. The van der Waals surface area contributed by atoms with Gasteiger partial charge in [0.15, 0.2) is 0 Å². The third-order valence-corrected chi connectivity index (χ3v) is 7.31. The van der Waals surface area contributed by atoms with Gasteiger partial charge in [-0.05, 0) is 80.1 Å². The van der Waals surface area contributed by atoms with Gasteiger partial charge in [-0.1, -0.05) is 55.3 Å². The molecule has 1 spiro atoms. The van der Waals surface area contributed by atoms with Crippen LogP contribution < -0.4 is 4.74 Å². The number of allylic oxidation sites excluding steroid dienone is 1. The van der Waals surface area contributed by atoms with E-state index in [9.17, 15) is 9.90 Å². The van der Waals surface area contributed by atoms with E-state index in [1.165, 1.54) is 5.57 Å². The van der Waals surface area contributed by atoms with Crippen molar-refractivity contribution in [3.63, 3.8) is 0 Å². The maximum Gasteiger partial charge on any atom is 0.343 e. The molecule has 3 aromatic rings. The molecule has 0 aromatic heterocycles. The molecule has 34 heavy (non-hydrogen) atoms. The summed E-state index contributed by atoms with van der Waals surface area (Å²) < 4.78 is 6.05. The van der Waals surface area contributed by atoms with Crippen molar-refractivity contribution in [3.05, 3.63) is 82.9 Å². The van der Waals surface area contributed by atoms with E-state index in [2.05, 4.69) is 26.8 Å². The van der Waals surface area contributed by atoms with Crippen LogP contribution in [0.1, 0.15) is 73.9 Å².